The number of carbonyl (C=O) groups is 2. The summed E-state index contributed by atoms with van der Waals surface area (Å²) in [4.78, 5) is 34.9. The number of esters is 2. The number of hydrogen-bond donors (Lipinski definition) is 3. The molecule has 0 amide bonds. The molecule has 2 unspecified atom stereocenters. The maximum atomic E-state index is 12.6. The lowest BCUT2D eigenvalue weighted by Gasteiger charge is -2.19. The number of ether oxygens (including phenoxy) is 2. The topological polar surface area (TPSA) is 155 Å². The van der Waals surface area contributed by atoms with Gasteiger partial charge in [0.25, 0.3) is 0 Å². The number of nitrogens with two attached hydrogens (primary N) is 1. The Hall–Kier alpha value is -1.81. The van der Waals surface area contributed by atoms with Crippen LogP contribution in [0.4, 0.5) is 0 Å². The van der Waals surface area contributed by atoms with E-state index in [2.05, 4.69) is 19.9 Å². The second kappa shape index (κ2) is 41.4. The van der Waals surface area contributed by atoms with E-state index in [0.717, 1.165) is 57.8 Å². The van der Waals surface area contributed by atoms with Crippen LogP contribution in [0.1, 0.15) is 200 Å². The summed E-state index contributed by atoms with van der Waals surface area (Å²) in [6.45, 7) is 3.50. The first-order valence-corrected chi connectivity index (χ1v) is 24.1. The van der Waals surface area contributed by atoms with E-state index in [0.29, 0.717) is 19.3 Å². The van der Waals surface area contributed by atoms with Crippen LogP contribution in [-0.4, -0.2) is 60.5 Å². The van der Waals surface area contributed by atoms with Crippen LogP contribution in [0.2, 0.25) is 0 Å². The highest BCUT2D eigenvalue weighted by Gasteiger charge is 2.26. The fraction of sp³-hybridized carbons (Fsp3) is 0.822. The van der Waals surface area contributed by atoms with Crippen molar-refractivity contribution in [1.29, 1.82) is 0 Å². The summed E-state index contributed by atoms with van der Waals surface area (Å²) in [7, 11) is -4.39. The fourth-order valence-corrected chi connectivity index (χ4v) is 7.02. The number of carbonyl (C=O) groups excluding carboxylic acids is 2. The monoisotopic (exact) mass is 814 g/mol. The Morgan fingerprint density at radius 3 is 1.64 bits per heavy atom. The molecule has 0 radical (unpaired) electrons. The predicted molar refractivity (Wildman–Crippen MR) is 230 cm³/mol. The van der Waals surface area contributed by atoms with Gasteiger partial charge in [-0.3, -0.25) is 18.6 Å². The van der Waals surface area contributed by atoms with Crippen molar-refractivity contribution < 1.29 is 42.7 Å². The Labute approximate surface area is 342 Å². The number of unbranched alkanes of at least 4 members (excludes halogenated alkanes) is 23. The molecule has 0 saturated carbocycles. The van der Waals surface area contributed by atoms with Gasteiger partial charge in [-0.05, 0) is 38.5 Å². The van der Waals surface area contributed by atoms with Gasteiger partial charge in [0, 0.05) is 19.4 Å². The van der Waals surface area contributed by atoms with Crippen molar-refractivity contribution >= 4 is 19.8 Å². The number of aliphatic hydroxyl groups is 1. The van der Waals surface area contributed by atoms with Gasteiger partial charge in [0.1, 0.15) is 6.61 Å². The molecule has 0 aliphatic carbocycles. The van der Waals surface area contributed by atoms with Crippen molar-refractivity contribution in [3.63, 3.8) is 0 Å². The van der Waals surface area contributed by atoms with Gasteiger partial charge in [-0.2, -0.15) is 0 Å². The number of phosphoric ester groups is 1. The largest absolute Gasteiger partial charge is 0.472 e. The first-order chi connectivity index (χ1) is 27.2. The molecule has 0 heterocycles. The molecule has 328 valence electrons. The second-order valence-corrected chi connectivity index (χ2v) is 16.6. The van der Waals surface area contributed by atoms with Gasteiger partial charge in [-0.15, -0.1) is 0 Å². The summed E-state index contributed by atoms with van der Waals surface area (Å²) in [5.41, 5.74) is 5.35. The molecule has 0 aromatic carbocycles. The van der Waals surface area contributed by atoms with Crippen molar-refractivity contribution in [1.82, 2.24) is 0 Å². The Bertz CT molecular complexity index is 1040. The van der Waals surface area contributed by atoms with Crippen LogP contribution in [0.3, 0.4) is 0 Å². The molecule has 10 nitrogen and oxygen atoms in total. The van der Waals surface area contributed by atoms with Crippen LogP contribution < -0.4 is 5.73 Å². The third-order valence-corrected chi connectivity index (χ3v) is 10.6. The molecule has 0 saturated heterocycles. The second-order valence-electron chi connectivity index (χ2n) is 15.1. The van der Waals surface area contributed by atoms with Crippen molar-refractivity contribution in [3.8, 4) is 0 Å². The minimum Gasteiger partial charge on any atom is -0.462 e. The lowest BCUT2D eigenvalue weighted by Crippen LogP contribution is -2.29. The maximum absolute atomic E-state index is 12.6. The molecule has 0 fully saturated rings. The van der Waals surface area contributed by atoms with Crippen LogP contribution in [0.15, 0.2) is 36.5 Å². The number of rotatable bonds is 42. The quantitative estimate of drug-likeness (QED) is 0.0178. The summed E-state index contributed by atoms with van der Waals surface area (Å²) in [5, 5.41) is 9.86. The molecule has 0 aromatic heterocycles. The number of phosphoric acid groups is 1. The molecule has 11 heteroatoms. The maximum Gasteiger partial charge on any atom is 0.472 e. The van der Waals surface area contributed by atoms with Gasteiger partial charge >= 0.3 is 19.8 Å². The van der Waals surface area contributed by atoms with Crippen molar-refractivity contribution in [2.45, 2.75) is 212 Å². The lowest BCUT2D eigenvalue weighted by atomic mass is 10.0. The Balaban J connectivity index is 4.15. The van der Waals surface area contributed by atoms with Crippen LogP contribution >= 0.6 is 7.82 Å². The molecule has 0 bridgehead atoms. The lowest BCUT2D eigenvalue weighted by molar-refractivity contribution is -0.161. The van der Waals surface area contributed by atoms with E-state index in [4.69, 9.17) is 24.3 Å². The smallest absolute Gasteiger partial charge is 0.462 e. The number of allylic oxidation sites excluding steroid dienone is 4. The highest BCUT2D eigenvalue weighted by atomic mass is 31.2. The SMILES string of the molecule is CC/C=C/CC(O)/C=C/C=C/CCCCCCCC(=O)OC[C@H](COP(=O)(O)OCCN)OC(=O)CCCCCCCCCCCCCCCCCCCCC. The first-order valence-electron chi connectivity index (χ1n) is 22.6. The number of hydrogen-bond acceptors (Lipinski definition) is 9. The zero-order valence-corrected chi connectivity index (χ0v) is 36.6. The number of aliphatic hydroxyl groups excluding tert-OH is 1. The first kappa shape index (κ1) is 54.2. The minimum atomic E-state index is -4.39. The standard InChI is InChI=1S/C45H84NO9P/c1-3-5-7-8-9-10-11-12-13-14-15-16-17-18-19-22-26-29-33-37-45(49)55-43(41-54-56(50,51)53-39-38-46)40-52-44(48)36-32-28-25-23-20-21-24-27-31-35-42(47)34-30-6-4-2/h6,24,27,30-31,35,42-43,47H,3-5,7-23,25-26,28-29,32-34,36-41,46H2,1-2H3,(H,50,51)/b27-24+,30-6+,35-31+/t42?,43-/m1/s1. The van der Waals surface area contributed by atoms with Gasteiger partial charge in [0.2, 0.25) is 0 Å². The Morgan fingerprint density at radius 1 is 0.625 bits per heavy atom. The molecule has 0 aliphatic rings. The van der Waals surface area contributed by atoms with Crippen molar-refractivity contribution in [2.75, 3.05) is 26.4 Å². The van der Waals surface area contributed by atoms with E-state index >= 15 is 0 Å². The van der Waals surface area contributed by atoms with Gasteiger partial charge in [-0.25, -0.2) is 4.57 Å². The van der Waals surface area contributed by atoms with E-state index in [1.54, 1.807) is 6.08 Å². The van der Waals surface area contributed by atoms with Gasteiger partial charge in [-0.1, -0.05) is 185 Å². The zero-order chi connectivity index (χ0) is 41.2. The van der Waals surface area contributed by atoms with Crippen LogP contribution in [-0.2, 0) is 32.7 Å². The van der Waals surface area contributed by atoms with Crippen molar-refractivity contribution in [2.24, 2.45) is 5.73 Å². The Morgan fingerprint density at radius 2 is 1.12 bits per heavy atom. The molecule has 3 atom stereocenters. The molecule has 4 N–H and O–H groups in total. The highest BCUT2D eigenvalue weighted by Crippen LogP contribution is 2.43. The van der Waals surface area contributed by atoms with Gasteiger partial charge in [0.05, 0.1) is 19.3 Å². The molecular weight excluding hydrogens is 729 g/mol. The molecule has 56 heavy (non-hydrogen) atoms. The minimum absolute atomic E-state index is 0.0431. The highest BCUT2D eigenvalue weighted by molar-refractivity contribution is 7.47. The summed E-state index contributed by atoms with van der Waals surface area (Å²) < 4.78 is 32.8. The summed E-state index contributed by atoms with van der Waals surface area (Å²) in [5.74, 6) is -0.876. The molecule has 0 aromatic rings. The van der Waals surface area contributed by atoms with Crippen molar-refractivity contribution in [3.05, 3.63) is 36.5 Å². The summed E-state index contributed by atoms with van der Waals surface area (Å²) in [6.07, 6.45) is 42.2. The normalized spacial score (nSPS) is 14.2. The van der Waals surface area contributed by atoms with E-state index in [9.17, 15) is 24.2 Å². The Kier molecular flexibility index (Phi) is 40.0. The van der Waals surface area contributed by atoms with E-state index in [1.807, 2.05) is 24.3 Å². The fourth-order valence-electron chi connectivity index (χ4n) is 6.26. The predicted octanol–water partition coefficient (Wildman–Crippen LogP) is 11.9. The average Bonchev–Trinajstić information content (AvgIpc) is 3.18. The average molecular weight is 814 g/mol. The van der Waals surface area contributed by atoms with Gasteiger partial charge < -0.3 is 25.2 Å². The zero-order valence-electron chi connectivity index (χ0n) is 35.7. The van der Waals surface area contributed by atoms with E-state index < -0.39 is 38.6 Å². The van der Waals surface area contributed by atoms with Gasteiger partial charge in [0.15, 0.2) is 6.10 Å². The van der Waals surface area contributed by atoms with Crippen LogP contribution in [0.25, 0.3) is 0 Å². The van der Waals surface area contributed by atoms with E-state index in [1.165, 1.54) is 96.3 Å². The molecule has 0 aliphatic heterocycles. The molecule has 0 spiro atoms. The summed E-state index contributed by atoms with van der Waals surface area (Å²) >= 11 is 0. The molecule has 0 rings (SSSR count). The third-order valence-electron chi connectivity index (χ3n) is 9.62. The van der Waals surface area contributed by atoms with Crippen LogP contribution in [0, 0.1) is 0 Å². The third kappa shape index (κ3) is 40.4. The summed E-state index contributed by atoms with van der Waals surface area (Å²) in [6, 6.07) is 0. The van der Waals surface area contributed by atoms with E-state index in [-0.39, 0.29) is 32.6 Å². The molecular formula is C45H84NO9P. The van der Waals surface area contributed by atoms with Crippen LogP contribution in [0.5, 0.6) is 0 Å².